The summed E-state index contributed by atoms with van der Waals surface area (Å²) in [6.07, 6.45) is 76.8. The van der Waals surface area contributed by atoms with Crippen molar-refractivity contribution in [2.75, 3.05) is 13.2 Å². The van der Waals surface area contributed by atoms with E-state index in [1.807, 2.05) is 6.08 Å². The molecule has 0 radical (unpaired) electrons. The quantitative estimate of drug-likeness (QED) is 0.0261. The van der Waals surface area contributed by atoms with Gasteiger partial charge in [0, 0.05) is 6.42 Å². The molecule has 0 spiro atoms. The SMILES string of the molecule is CC/C=C\C/C=C\C/C=C\C/C=C\C/C=C\CCCCCCCCCCCCCCCCCCCCCCCC(=O)NC(COC1OC(CO)C(O)C(O)C1O)C(O)/C=C/CC/C=C/CCCCCCCCCCCCCCC. The Hall–Kier alpha value is -2.63. The molecule has 0 aromatic heterocycles. The van der Waals surface area contributed by atoms with Gasteiger partial charge in [-0.15, -0.1) is 0 Å². The molecular weight excluding hydrogens is 983 g/mol. The molecule has 1 heterocycles. The molecule has 0 bridgehead atoms. The highest BCUT2D eigenvalue weighted by Crippen LogP contribution is 2.23. The third kappa shape index (κ3) is 47.6. The molecule has 1 amide bonds. The average molecular weight is 1110 g/mol. The molecule has 1 saturated heterocycles. The number of hydrogen-bond acceptors (Lipinski definition) is 8. The van der Waals surface area contributed by atoms with Crippen LogP contribution in [0.15, 0.2) is 85.1 Å². The van der Waals surface area contributed by atoms with Crippen molar-refractivity contribution in [2.45, 2.75) is 339 Å². The van der Waals surface area contributed by atoms with Crippen LogP contribution in [-0.2, 0) is 14.3 Å². The zero-order chi connectivity index (χ0) is 57.2. The average Bonchev–Trinajstić information content (AvgIpc) is 3.46. The van der Waals surface area contributed by atoms with E-state index in [0.717, 1.165) is 70.6 Å². The van der Waals surface area contributed by atoms with Gasteiger partial charge in [-0.3, -0.25) is 4.79 Å². The van der Waals surface area contributed by atoms with Crippen LogP contribution < -0.4 is 5.32 Å². The first-order valence-electron chi connectivity index (χ1n) is 33.3. The molecule has 0 aliphatic carbocycles. The van der Waals surface area contributed by atoms with Gasteiger partial charge in [-0.25, -0.2) is 0 Å². The number of ether oxygens (including phenoxy) is 2. The number of aliphatic hydroxyl groups is 5. The van der Waals surface area contributed by atoms with Crippen LogP contribution in [-0.4, -0.2) is 87.5 Å². The van der Waals surface area contributed by atoms with E-state index < -0.39 is 49.5 Å². The van der Waals surface area contributed by atoms with E-state index in [0.29, 0.717) is 6.42 Å². The van der Waals surface area contributed by atoms with Crippen LogP contribution in [0.5, 0.6) is 0 Å². The number of hydrogen-bond donors (Lipinski definition) is 6. The van der Waals surface area contributed by atoms with E-state index in [2.05, 4.69) is 92.1 Å². The number of unbranched alkanes of at least 4 members (excludes halogenated alkanes) is 35. The van der Waals surface area contributed by atoms with E-state index >= 15 is 0 Å². The number of allylic oxidation sites excluding steroid dienone is 13. The standard InChI is InChI=1S/C70H125NO8/c1-3-5-7-9-11-13-15-17-19-21-23-24-25-26-27-28-29-30-31-32-33-34-35-36-37-38-39-40-42-44-46-48-50-52-54-56-58-60-66(74)71-63(62-78-70-69(77)68(76)67(75)65(61-72)79-70)64(73)59-57-55-53-51-49-47-45-43-41-22-20-18-16-14-12-10-8-6-4-2/h5,7,11,13,17,19,23-24,26-27,49,51,57,59,63-65,67-70,72-73,75-77H,3-4,6,8-10,12,14-16,18,20-22,25,28-48,50,52-56,58,60-62H2,1-2H3,(H,71,74)/b7-5-,13-11-,19-17-,24-23-,27-26-,51-49+,59-57+. The second-order valence-corrected chi connectivity index (χ2v) is 22.9. The van der Waals surface area contributed by atoms with E-state index in [9.17, 15) is 30.3 Å². The molecule has 7 atom stereocenters. The van der Waals surface area contributed by atoms with Gasteiger partial charge in [0.15, 0.2) is 6.29 Å². The summed E-state index contributed by atoms with van der Waals surface area (Å²) >= 11 is 0. The highest BCUT2D eigenvalue weighted by Gasteiger charge is 2.44. The van der Waals surface area contributed by atoms with Crippen molar-refractivity contribution in [3.8, 4) is 0 Å². The maximum Gasteiger partial charge on any atom is 0.220 e. The number of carbonyl (C=O) groups is 1. The molecule has 0 aromatic rings. The van der Waals surface area contributed by atoms with Crippen LogP contribution in [0.25, 0.3) is 0 Å². The van der Waals surface area contributed by atoms with Crippen molar-refractivity contribution in [1.29, 1.82) is 0 Å². The highest BCUT2D eigenvalue weighted by atomic mass is 16.7. The lowest BCUT2D eigenvalue weighted by Gasteiger charge is -2.40. The van der Waals surface area contributed by atoms with Gasteiger partial charge in [0.25, 0.3) is 0 Å². The first kappa shape index (κ1) is 74.4. The number of aliphatic hydroxyl groups excluding tert-OH is 5. The van der Waals surface area contributed by atoms with Crippen molar-refractivity contribution in [3.05, 3.63) is 85.1 Å². The summed E-state index contributed by atoms with van der Waals surface area (Å²) in [5, 5.41) is 54.6. The van der Waals surface area contributed by atoms with Crippen LogP contribution in [0.4, 0.5) is 0 Å². The Bertz CT molecular complexity index is 1520. The summed E-state index contributed by atoms with van der Waals surface area (Å²) in [6, 6.07) is -0.824. The minimum atomic E-state index is -1.57. The summed E-state index contributed by atoms with van der Waals surface area (Å²) < 4.78 is 11.3. The first-order chi connectivity index (χ1) is 38.8. The molecule has 1 rings (SSSR count). The third-order valence-corrected chi connectivity index (χ3v) is 15.5. The van der Waals surface area contributed by atoms with Gasteiger partial charge in [-0.05, 0) is 77.0 Å². The molecule has 9 heteroatoms. The fourth-order valence-electron chi connectivity index (χ4n) is 10.3. The number of rotatable bonds is 57. The van der Waals surface area contributed by atoms with Crippen LogP contribution in [0.2, 0.25) is 0 Å². The van der Waals surface area contributed by atoms with Gasteiger partial charge in [-0.1, -0.05) is 298 Å². The normalized spacial score (nSPS) is 19.1. The second-order valence-electron chi connectivity index (χ2n) is 22.9. The van der Waals surface area contributed by atoms with Gasteiger partial charge < -0.3 is 40.3 Å². The van der Waals surface area contributed by atoms with Crippen molar-refractivity contribution < 1.29 is 39.8 Å². The summed E-state index contributed by atoms with van der Waals surface area (Å²) in [5.74, 6) is -0.184. The maximum atomic E-state index is 13.1. The van der Waals surface area contributed by atoms with Crippen molar-refractivity contribution in [3.63, 3.8) is 0 Å². The van der Waals surface area contributed by atoms with Gasteiger partial charge in [0.2, 0.25) is 5.91 Å². The van der Waals surface area contributed by atoms with E-state index in [1.54, 1.807) is 6.08 Å². The summed E-state index contributed by atoms with van der Waals surface area (Å²) in [4.78, 5) is 13.1. The summed E-state index contributed by atoms with van der Waals surface area (Å²) in [6.45, 7) is 3.67. The van der Waals surface area contributed by atoms with Crippen LogP contribution >= 0.6 is 0 Å². The summed E-state index contributed by atoms with van der Waals surface area (Å²) in [7, 11) is 0. The summed E-state index contributed by atoms with van der Waals surface area (Å²) in [5.41, 5.74) is 0. The fourth-order valence-corrected chi connectivity index (χ4v) is 10.3. The predicted molar refractivity (Wildman–Crippen MR) is 336 cm³/mol. The molecule has 0 saturated carbocycles. The molecule has 1 fully saturated rings. The highest BCUT2D eigenvalue weighted by molar-refractivity contribution is 5.76. The largest absolute Gasteiger partial charge is 0.394 e. The van der Waals surface area contributed by atoms with Crippen LogP contribution in [0, 0.1) is 0 Å². The molecule has 0 aromatic carbocycles. The monoisotopic (exact) mass is 1110 g/mol. The Kier molecular flexibility index (Phi) is 55.1. The third-order valence-electron chi connectivity index (χ3n) is 15.5. The van der Waals surface area contributed by atoms with E-state index in [1.165, 1.54) is 205 Å². The fraction of sp³-hybridized carbons (Fsp3) is 0.786. The molecule has 1 aliphatic heterocycles. The maximum absolute atomic E-state index is 13.1. The zero-order valence-electron chi connectivity index (χ0n) is 51.1. The smallest absolute Gasteiger partial charge is 0.220 e. The lowest BCUT2D eigenvalue weighted by atomic mass is 9.99. The number of amides is 1. The Morgan fingerprint density at radius 3 is 1.22 bits per heavy atom. The van der Waals surface area contributed by atoms with E-state index in [4.69, 9.17) is 9.47 Å². The lowest BCUT2D eigenvalue weighted by Crippen LogP contribution is -2.60. The van der Waals surface area contributed by atoms with Crippen molar-refractivity contribution in [1.82, 2.24) is 5.32 Å². The minimum Gasteiger partial charge on any atom is -0.394 e. The first-order valence-corrected chi connectivity index (χ1v) is 33.3. The predicted octanol–water partition coefficient (Wildman–Crippen LogP) is 17.7. The molecule has 1 aliphatic rings. The molecular formula is C70H125NO8. The Morgan fingerprint density at radius 1 is 0.443 bits per heavy atom. The number of carbonyl (C=O) groups excluding carboxylic acids is 1. The van der Waals surface area contributed by atoms with Crippen molar-refractivity contribution in [2.24, 2.45) is 0 Å². The van der Waals surface area contributed by atoms with Gasteiger partial charge in [-0.2, -0.15) is 0 Å². The zero-order valence-corrected chi connectivity index (χ0v) is 51.1. The van der Waals surface area contributed by atoms with Crippen molar-refractivity contribution >= 4 is 5.91 Å². The van der Waals surface area contributed by atoms with Gasteiger partial charge in [0.05, 0.1) is 25.4 Å². The van der Waals surface area contributed by atoms with Crippen LogP contribution in [0.3, 0.4) is 0 Å². The van der Waals surface area contributed by atoms with E-state index in [-0.39, 0.29) is 12.5 Å². The number of nitrogens with one attached hydrogen (secondary N) is 1. The molecule has 6 N–H and O–H groups in total. The molecule has 458 valence electrons. The van der Waals surface area contributed by atoms with Gasteiger partial charge >= 0.3 is 0 Å². The minimum absolute atomic E-state index is 0.184. The van der Waals surface area contributed by atoms with Crippen LogP contribution in [0.1, 0.15) is 296 Å². The Balaban J connectivity index is 2.11. The van der Waals surface area contributed by atoms with Gasteiger partial charge in [0.1, 0.15) is 24.4 Å². The Labute approximate surface area is 486 Å². The lowest BCUT2D eigenvalue weighted by molar-refractivity contribution is -0.302. The molecule has 7 unspecified atom stereocenters. The topological polar surface area (TPSA) is 149 Å². The second kappa shape index (κ2) is 58.6. The molecule has 79 heavy (non-hydrogen) atoms. The Morgan fingerprint density at radius 2 is 0.797 bits per heavy atom. The molecule has 9 nitrogen and oxygen atoms in total.